The average Bonchev–Trinajstić information content (AvgIpc) is 2.72. The number of nitro groups is 1. The number of aryl methyl sites for hydroxylation is 1. The lowest BCUT2D eigenvalue weighted by molar-refractivity contribution is -0.677. The van der Waals surface area contributed by atoms with Crippen LogP contribution in [0.2, 0.25) is 0 Å². The van der Waals surface area contributed by atoms with E-state index in [0.717, 1.165) is 36.0 Å². The fourth-order valence-corrected chi connectivity index (χ4v) is 2.95. The van der Waals surface area contributed by atoms with E-state index in [9.17, 15) is 15.3 Å². The molecule has 0 atom stereocenters. The van der Waals surface area contributed by atoms with E-state index in [1.54, 1.807) is 17.0 Å². The topological polar surface area (TPSA) is 91.1 Å². The van der Waals surface area contributed by atoms with Crippen LogP contribution in [-0.4, -0.2) is 27.9 Å². The third kappa shape index (κ3) is 2.84. The maximum atomic E-state index is 12.7. The summed E-state index contributed by atoms with van der Waals surface area (Å²) in [6, 6.07) is 7.20. The van der Waals surface area contributed by atoms with Gasteiger partial charge in [-0.05, 0) is 36.3 Å². The van der Waals surface area contributed by atoms with E-state index in [2.05, 4.69) is 5.10 Å². The number of para-hydroxylation sites is 1. The van der Waals surface area contributed by atoms with Gasteiger partial charge in [0.05, 0.1) is 13.1 Å². The second kappa shape index (κ2) is 6.23. The highest BCUT2D eigenvalue weighted by Crippen LogP contribution is 2.26. The van der Waals surface area contributed by atoms with Gasteiger partial charge in [0.2, 0.25) is 0 Å². The summed E-state index contributed by atoms with van der Waals surface area (Å²) in [5.41, 5.74) is 1.38. The molecular formula is C15H19N5O3. The summed E-state index contributed by atoms with van der Waals surface area (Å²) in [4.78, 5) is 14.2. The minimum Gasteiger partial charge on any atom is -0.723 e. The highest BCUT2D eigenvalue weighted by atomic mass is 16.6. The van der Waals surface area contributed by atoms with E-state index in [1.165, 1.54) is 0 Å². The normalized spacial score (nSPS) is 15.4. The van der Waals surface area contributed by atoms with Crippen LogP contribution in [0.1, 0.15) is 31.2 Å². The van der Waals surface area contributed by atoms with Crippen LogP contribution in [0.5, 0.6) is 0 Å². The Morgan fingerprint density at radius 1 is 1.17 bits per heavy atom. The molecule has 0 aliphatic carbocycles. The Morgan fingerprint density at radius 2 is 1.83 bits per heavy atom. The number of hydrogen-bond acceptors (Lipinski definition) is 5. The zero-order chi connectivity index (χ0) is 16.4. The van der Waals surface area contributed by atoms with Crippen molar-refractivity contribution in [1.29, 1.82) is 0 Å². The maximum absolute atomic E-state index is 12.7. The monoisotopic (exact) mass is 317 g/mol. The van der Waals surface area contributed by atoms with Crippen LogP contribution in [0.4, 0.5) is 11.6 Å². The quantitative estimate of drug-likeness (QED) is 0.374. The number of rotatable bonds is 3. The molecule has 122 valence electrons. The Bertz CT molecular complexity index is 720. The lowest BCUT2D eigenvalue weighted by Crippen LogP contribution is -2.43. The largest absolute Gasteiger partial charge is 0.723 e. The van der Waals surface area contributed by atoms with Gasteiger partial charge in [-0.1, -0.05) is 35.8 Å². The lowest BCUT2D eigenvalue weighted by atomic mass is 10.2. The van der Waals surface area contributed by atoms with Crippen LogP contribution < -0.4 is 9.75 Å². The number of aromatic nitrogens is 3. The Balaban J connectivity index is 2.12. The fourth-order valence-electron chi connectivity index (χ4n) is 2.95. The molecule has 1 aromatic carbocycles. The van der Waals surface area contributed by atoms with Crippen molar-refractivity contribution in [2.75, 3.05) is 18.0 Å². The smallest absolute Gasteiger partial charge is 0.428 e. The summed E-state index contributed by atoms with van der Waals surface area (Å²) in [7, 11) is 0. The molecule has 1 aliphatic rings. The van der Waals surface area contributed by atoms with Gasteiger partial charge in [-0.15, -0.1) is 0 Å². The molecule has 0 bridgehead atoms. The first-order valence-corrected chi connectivity index (χ1v) is 7.78. The zero-order valence-electron chi connectivity index (χ0n) is 13.0. The molecule has 0 radical (unpaired) electrons. The molecule has 8 heteroatoms. The average molecular weight is 317 g/mol. The number of anilines is 1. The molecule has 3 rings (SSSR count). The SMILES string of the molecule is Cc1ccccc1-n1nc([N+](=O)[O-])c(N2CCCCCC2)[n+]1[O-]. The summed E-state index contributed by atoms with van der Waals surface area (Å²) in [6.45, 7) is 3.12. The molecule has 1 saturated heterocycles. The minimum atomic E-state index is -0.580. The Morgan fingerprint density at radius 3 is 2.43 bits per heavy atom. The summed E-state index contributed by atoms with van der Waals surface area (Å²) < 4.78 is 0. The van der Waals surface area contributed by atoms with Gasteiger partial charge in [0.25, 0.3) is 0 Å². The predicted molar refractivity (Wildman–Crippen MR) is 84.6 cm³/mol. The number of benzene rings is 1. The van der Waals surface area contributed by atoms with Crippen LogP contribution in [0, 0.1) is 22.2 Å². The zero-order valence-corrected chi connectivity index (χ0v) is 13.0. The lowest BCUT2D eigenvalue weighted by Gasteiger charge is -2.18. The maximum Gasteiger partial charge on any atom is 0.428 e. The Hall–Kier alpha value is -2.64. The van der Waals surface area contributed by atoms with E-state index in [4.69, 9.17) is 0 Å². The van der Waals surface area contributed by atoms with Crippen molar-refractivity contribution in [3.63, 3.8) is 0 Å². The third-order valence-corrected chi connectivity index (χ3v) is 4.15. The summed E-state index contributed by atoms with van der Waals surface area (Å²) in [5.74, 6) is -0.342. The first-order chi connectivity index (χ1) is 11.1. The van der Waals surface area contributed by atoms with E-state index in [0.29, 0.717) is 23.6 Å². The van der Waals surface area contributed by atoms with Crippen molar-refractivity contribution >= 4 is 11.6 Å². The summed E-state index contributed by atoms with van der Waals surface area (Å²) in [6.07, 6.45) is 4.00. The van der Waals surface area contributed by atoms with Crippen molar-refractivity contribution in [3.05, 3.63) is 45.2 Å². The molecule has 23 heavy (non-hydrogen) atoms. The first kappa shape index (κ1) is 15.3. The molecule has 1 aromatic heterocycles. The summed E-state index contributed by atoms with van der Waals surface area (Å²) >= 11 is 0. The third-order valence-electron chi connectivity index (χ3n) is 4.15. The standard InChI is InChI=1S/C15H19N5O3/c1-12-8-4-5-9-13(12)18-16-14(20(22)23)15(19(18)21)17-10-6-2-3-7-11-17/h4-5,8-9H,2-3,6-7,10-11H2,1H3. The van der Waals surface area contributed by atoms with Crippen molar-refractivity contribution in [2.45, 2.75) is 32.6 Å². The highest BCUT2D eigenvalue weighted by Gasteiger charge is 2.33. The Labute approximate surface area is 133 Å². The highest BCUT2D eigenvalue weighted by molar-refractivity contribution is 5.50. The molecule has 0 amide bonds. The van der Waals surface area contributed by atoms with Crippen molar-refractivity contribution in [2.24, 2.45) is 0 Å². The van der Waals surface area contributed by atoms with Crippen LogP contribution in [-0.2, 0) is 0 Å². The van der Waals surface area contributed by atoms with Crippen LogP contribution in [0.15, 0.2) is 24.3 Å². The van der Waals surface area contributed by atoms with E-state index < -0.39 is 4.92 Å². The molecule has 0 unspecified atom stereocenters. The molecule has 2 aromatic rings. The number of hydrogen-bond donors (Lipinski definition) is 0. The van der Waals surface area contributed by atoms with E-state index in [1.807, 2.05) is 19.1 Å². The fraction of sp³-hybridized carbons (Fsp3) is 0.467. The van der Waals surface area contributed by atoms with Gasteiger partial charge in [0.1, 0.15) is 5.69 Å². The summed E-state index contributed by atoms with van der Waals surface area (Å²) in [5, 5.41) is 28.1. The van der Waals surface area contributed by atoms with Crippen molar-refractivity contribution in [3.8, 4) is 5.69 Å². The molecule has 2 heterocycles. The molecule has 0 saturated carbocycles. The second-order valence-corrected chi connectivity index (χ2v) is 5.75. The van der Waals surface area contributed by atoms with E-state index in [-0.39, 0.29) is 11.6 Å². The van der Waals surface area contributed by atoms with Crippen LogP contribution in [0.3, 0.4) is 0 Å². The van der Waals surface area contributed by atoms with Crippen LogP contribution in [0.25, 0.3) is 5.69 Å². The Kier molecular flexibility index (Phi) is 4.14. The van der Waals surface area contributed by atoms with Gasteiger partial charge < -0.3 is 15.3 Å². The minimum absolute atomic E-state index is 0.0418. The van der Waals surface area contributed by atoms with Crippen molar-refractivity contribution in [1.82, 2.24) is 9.90 Å². The van der Waals surface area contributed by atoms with Crippen LogP contribution >= 0.6 is 0 Å². The molecular weight excluding hydrogens is 298 g/mol. The number of nitrogens with zero attached hydrogens (tertiary/aromatic N) is 5. The van der Waals surface area contributed by atoms with Gasteiger partial charge in [-0.25, -0.2) is 0 Å². The second-order valence-electron chi connectivity index (χ2n) is 5.75. The first-order valence-electron chi connectivity index (χ1n) is 7.78. The van der Waals surface area contributed by atoms with Gasteiger partial charge in [0, 0.05) is 5.10 Å². The molecule has 0 N–H and O–H groups in total. The van der Waals surface area contributed by atoms with Gasteiger partial charge in [-0.3, -0.25) is 4.90 Å². The van der Waals surface area contributed by atoms with Gasteiger partial charge in [0.15, 0.2) is 0 Å². The molecule has 0 spiro atoms. The molecule has 1 aliphatic heterocycles. The predicted octanol–water partition coefficient (Wildman–Crippen LogP) is 2.10. The van der Waals surface area contributed by atoms with Crippen molar-refractivity contribution < 1.29 is 9.77 Å². The van der Waals surface area contributed by atoms with E-state index >= 15 is 0 Å². The molecule has 8 nitrogen and oxygen atoms in total. The van der Waals surface area contributed by atoms with Gasteiger partial charge >= 0.3 is 11.6 Å². The molecule has 1 fully saturated rings. The van der Waals surface area contributed by atoms with Gasteiger partial charge in [-0.2, -0.15) is 4.85 Å².